The van der Waals surface area contributed by atoms with E-state index in [1.165, 1.54) is 90.0 Å². The average molecular weight is 294 g/mol. The van der Waals surface area contributed by atoms with Crippen molar-refractivity contribution in [2.45, 2.75) is 96.4 Å². The molecule has 0 spiro atoms. The van der Waals surface area contributed by atoms with Crippen LogP contribution in [-0.4, -0.2) is 30.0 Å². The van der Waals surface area contributed by atoms with Gasteiger partial charge in [0, 0.05) is 0 Å². The predicted molar refractivity (Wildman–Crippen MR) is 92.2 cm³/mol. The second kappa shape index (κ2) is 9.48. The summed E-state index contributed by atoms with van der Waals surface area (Å²) in [6, 6.07) is 0.751. The van der Waals surface area contributed by atoms with Crippen LogP contribution in [0.2, 0.25) is 0 Å². The third kappa shape index (κ3) is 6.00. The molecule has 0 unspecified atom stereocenters. The van der Waals surface area contributed by atoms with E-state index in [4.69, 9.17) is 0 Å². The van der Waals surface area contributed by atoms with Gasteiger partial charge in [0.1, 0.15) is 0 Å². The minimum Gasteiger partial charge on any atom is -0.276 e. The van der Waals surface area contributed by atoms with Gasteiger partial charge in [-0.25, -0.2) is 0 Å². The number of hydrogen-bond donors (Lipinski definition) is 1. The van der Waals surface area contributed by atoms with Gasteiger partial charge >= 0.3 is 0 Å². The van der Waals surface area contributed by atoms with Gasteiger partial charge in [-0.1, -0.05) is 39.0 Å². The Bertz CT molecular complexity index is 288. The van der Waals surface area contributed by atoms with E-state index in [1.807, 2.05) is 0 Å². The molecule has 2 nitrogen and oxygen atoms in total. The molecule has 1 N–H and O–H groups in total. The molecule has 2 rings (SSSR count). The summed E-state index contributed by atoms with van der Waals surface area (Å²) >= 11 is 0. The van der Waals surface area contributed by atoms with E-state index in [0.717, 1.165) is 12.0 Å². The molecular weight excluding hydrogens is 256 g/mol. The molecule has 2 aliphatic carbocycles. The summed E-state index contributed by atoms with van der Waals surface area (Å²) in [5.41, 5.74) is 0. The Balaban J connectivity index is 1.94. The van der Waals surface area contributed by atoms with Crippen molar-refractivity contribution in [2.24, 2.45) is 5.92 Å². The van der Waals surface area contributed by atoms with Crippen LogP contribution < -0.4 is 5.32 Å². The normalized spacial score (nSPS) is 23.0. The van der Waals surface area contributed by atoms with Gasteiger partial charge in [-0.3, -0.25) is 9.89 Å². The van der Waals surface area contributed by atoms with Gasteiger partial charge in [-0.15, -0.1) is 0 Å². The lowest BCUT2D eigenvalue weighted by Gasteiger charge is -2.25. The van der Waals surface area contributed by atoms with E-state index in [0.29, 0.717) is 0 Å². The molecule has 2 fully saturated rings. The van der Waals surface area contributed by atoms with E-state index >= 15 is 0 Å². The zero-order chi connectivity index (χ0) is 14.9. The van der Waals surface area contributed by atoms with Gasteiger partial charge in [-0.2, -0.15) is 0 Å². The number of unbranched alkanes of at least 4 members (excludes halogenated alkanes) is 1. The molecule has 122 valence electrons. The van der Waals surface area contributed by atoms with Crippen LogP contribution in [-0.2, 0) is 0 Å². The van der Waals surface area contributed by atoms with Crippen LogP contribution in [0, 0.1) is 5.92 Å². The first kappa shape index (κ1) is 16.8. The van der Waals surface area contributed by atoms with Crippen molar-refractivity contribution in [3.63, 3.8) is 0 Å². The molecule has 0 aromatic carbocycles. The highest BCUT2D eigenvalue weighted by molar-refractivity contribution is 5.77. The third-order valence-corrected chi connectivity index (χ3v) is 5.49. The quantitative estimate of drug-likeness (QED) is 0.425. The van der Waals surface area contributed by atoms with Gasteiger partial charge in [0.15, 0.2) is 0 Å². The largest absolute Gasteiger partial charge is 0.276 e. The van der Waals surface area contributed by atoms with Crippen LogP contribution in [0.5, 0.6) is 0 Å². The molecule has 0 atom stereocenters. The van der Waals surface area contributed by atoms with E-state index in [-0.39, 0.29) is 0 Å². The Morgan fingerprint density at radius 1 is 0.952 bits per heavy atom. The summed E-state index contributed by atoms with van der Waals surface area (Å²) in [7, 11) is 2.31. The van der Waals surface area contributed by atoms with E-state index in [2.05, 4.69) is 23.9 Å². The van der Waals surface area contributed by atoms with Crippen molar-refractivity contribution in [3.05, 3.63) is 0 Å². The van der Waals surface area contributed by atoms with E-state index < -0.39 is 0 Å². The van der Waals surface area contributed by atoms with Gasteiger partial charge in [0.2, 0.25) is 5.84 Å². The first-order valence-electron chi connectivity index (χ1n) is 9.63. The third-order valence-electron chi connectivity index (χ3n) is 5.49. The summed E-state index contributed by atoms with van der Waals surface area (Å²) < 4.78 is 2.53. The standard InChI is InChI=1S/C19H36N2/c1-3-4-15-21(2)19(16-17-11-7-5-8-12-17)20-18-13-9-6-10-14-18/h17-18H,3-16H2,1-2H3/p+1. The van der Waals surface area contributed by atoms with Crippen LogP contribution in [0.3, 0.4) is 0 Å². The zero-order valence-corrected chi connectivity index (χ0v) is 14.5. The van der Waals surface area contributed by atoms with Crippen molar-refractivity contribution in [1.29, 1.82) is 0 Å². The molecule has 0 aliphatic heterocycles. The smallest absolute Gasteiger partial charge is 0.244 e. The summed E-state index contributed by atoms with van der Waals surface area (Å²) in [5.74, 6) is 2.50. The molecule has 0 saturated heterocycles. The highest BCUT2D eigenvalue weighted by atomic mass is 15.1. The molecule has 21 heavy (non-hydrogen) atoms. The molecule has 2 aliphatic rings. The fourth-order valence-electron chi connectivity index (χ4n) is 4.00. The van der Waals surface area contributed by atoms with Gasteiger partial charge in [0.25, 0.3) is 0 Å². The lowest BCUT2D eigenvalue weighted by molar-refractivity contribution is -0.501. The maximum absolute atomic E-state index is 3.95. The van der Waals surface area contributed by atoms with Crippen LogP contribution in [0.25, 0.3) is 0 Å². The van der Waals surface area contributed by atoms with Gasteiger partial charge in [-0.05, 0) is 50.9 Å². The maximum Gasteiger partial charge on any atom is 0.244 e. The highest BCUT2D eigenvalue weighted by Gasteiger charge is 2.24. The van der Waals surface area contributed by atoms with Crippen molar-refractivity contribution >= 4 is 5.84 Å². The monoisotopic (exact) mass is 293 g/mol. The van der Waals surface area contributed by atoms with Crippen molar-refractivity contribution in [1.82, 2.24) is 5.32 Å². The molecular formula is C19H37N2+. The molecule has 0 bridgehead atoms. The average Bonchev–Trinajstić information content (AvgIpc) is 2.54. The topological polar surface area (TPSA) is 15.0 Å². The zero-order valence-electron chi connectivity index (χ0n) is 14.5. The predicted octanol–water partition coefficient (Wildman–Crippen LogP) is 4.72. The Morgan fingerprint density at radius 3 is 2.19 bits per heavy atom. The van der Waals surface area contributed by atoms with Crippen LogP contribution >= 0.6 is 0 Å². The lowest BCUT2D eigenvalue weighted by atomic mass is 9.86. The minimum absolute atomic E-state index is 0.751. The van der Waals surface area contributed by atoms with Crippen molar-refractivity contribution in [3.8, 4) is 0 Å². The molecule has 0 aromatic heterocycles. The summed E-state index contributed by atoms with van der Waals surface area (Å²) in [4.78, 5) is 0. The number of amidine groups is 1. The molecule has 0 heterocycles. The molecule has 2 saturated carbocycles. The van der Waals surface area contributed by atoms with Crippen molar-refractivity contribution in [2.75, 3.05) is 13.6 Å². The second-order valence-corrected chi connectivity index (χ2v) is 7.41. The molecule has 0 amide bonds. The first-order valence-corrected chi connectivity index (χ1v) is 9.63. The molecule has 2 heteroatoms. The van der Waals surface area contributed by atoms with Gasteiger partial charge < -0.3 is 0 Å². The second-order valence-electron chi connectivity index (χ2n) is 7.41. The van der Waals surface area contributed by atoms with Crippen molar-refractivity contribution < 1.29 is 4.58 Å². The van der Waals surface area contributed by atoms with Crippen LogP contribution in [0.4, 0.5) is 0 Å². The number of nitrogens with zero attached hydrogens (tertiary/aromatic N) is 1. The van der Waals surface area contributed by atoms with Crippen LogP contribution in [0.15, 0.2) is 0 Å². The fraction of sp³-hybridized carbons (Fsp3) is 0.947. The Morgan fingerprint density at radius 2 is 1.57 bits per heavy atom. The molecule has 0 aromatic rings. The Hall–Kier alpha value is -0.530. The number of hydrogen-bond acceptors (Lipinski definition) is 0. The maximum atomic E-state index is 3.95. The number of nitrogens with one attached hydrogen (secondary N) is 1. The molecule has 0 radical (unpaired) electrons. The lowest BCUT2D eigenvalue weighted by Crippen LogP contribution is -2.42. The Kier molecular flexibility index (Phi) is 7.60. The van der Waals surface area contributed by atoms with Crippen LogP contribution in [0.1, 0.15) is 90.4 Å². The number of rotatable bonds is 6. The first-order chi connectivity index (χ1) is 10.3. The van der Waals surface area contributed by atoms with Gasteiger partial charge in [0.05, 0.1) is 26.1 Å². The summed E-state index contributed by atoms with van der Waals surface area (Å²) in [6.07, 6.45) is 18.3. The highest BCUT2D eigenvalue weighted by Crippen LogP contribution is 2.27. The Labute approximate surface area is 132 Å². The SMILES string of the molecule is CCCC[N+](C)=C(CC1CCCCC1)NC1CCCCC1. The summed E-state index contributed by atoms with van der Waals surface area (Å²) in [5, 5.41) is 3.95. The van der Waals surface area contributed by atoms with E-state index in [1.54, 1.807) is 5.84 Å². The fourth-order valence-corrected chi connectivity index (χ4v) is 4.00. The minimum atomic E-state index is 0.751. The van der Waals surface area contributed by atoms with E-state index in [9.17, 15) is 0 Å². The summed E-state index contributed by atoms with van der Waals surface area (Å²) in [6.45, 7) is 3.52.